The van der Waals surface area contributed by atoms with E-state index in [2.05, 4.69) is 234 Å². The van der Waals surface area contributed by atoms with Gasteiger partial charge in [-0.15, -0.1) is 0 Å². The minimum Gasteiger partial charge on any atom is -0.0619 e. The minimum atomic E-state index is -0.106. The van der Waals surface area contributed by atoms with Crippen LogP contribution in [0.15, 0.2) is 206 Å². The van der Waals surface area contributed by atoms with Gasteiger partial charge in [-0.2, -0.15) is 0 Å². The van der Waals surface area contributed by atoms with Crippen molar-refractivity contribution in [3.63, 3.8) is 0 Å². The van der Waals surface area contributed by atoms with E-state index < -0.39 is 0 Å². The van der Waals surface area contributed by atoms with E-state index in [-0.39, 0.29) is 10.8 Å². The first-order chi connectivity index (χ1) is 31.3. The molecule has 11 aromatic rings. The summed E-state index contributed by atoms with van der Waals surface area (Å²) in [5.41, 5.74) is 20.8. The number of rotatable bonds is 4. The highest BCUT2D eigenvalue weighted by Gasteiger charge is 2.38. The average Bonchev–Trinajstić information content (AvgIpc) is 3.72. The molecule has 0 fully saturated rings. The Kier molecular flexibility index (Phi) is 7.80. The molecular weight excluding hydrogens is 769 g/mol. The number of hydrogen-bond acceptors (Lipinski definition) is 0. The zero-order valence-electron chi connectivity index (χ0n) is 36.6. The summed E-state index contributed by atoms with van der Waals surface area (Å²) in [5, 5.41) is 10.2. The van der Waals surface area contributed by atoms with Crippen molar-refractivity contribution in [3.05, 3.63) is 229 Å². The highest BCUT2D eigenvalue weighted by molar-refractivity contribution is 6.23. The maximum atomic E-state index is 2.50. The summed E-state index contributed by atoms with van der Waals surface area (Å²) in [6, 6.07) is 77.9. The molecule has 0 radical (unpaired) electrons. The smallest absolute Gasteiger partial charge is 0.0159 e. The largest absolute Gasteiger partial charge is 0.0619 e. The molecule has 2 aliphatic carbocycles. The molecule has 0 heterocycles. The third kappa shape index (κ3) is 5.17. The van der Waals surface area contributed by atoms with Crippen molar-refractivity contribution in [1.29, 1.82) is 0 Å². The number of benzene rings is 11. The lowest BCUT2D eigenvalue weighted by Crippen LogP contribution is -2.14. The molecular formula is C64H46. The Bertz CT molecular complexity index is 3760. The van der Waals surface area contributed by atoms with Crippen LogP contribution in [-0.4, -0.2) is 0 Å². The fourth-order valence-corrected chi connectivity index (χ4v) is 11.9. The number of fused-ring (bicyclic) bond motifs is 11. The molecule has 11 aromatic carbocycles. The van der Waals surface area contributed by atoms with Crippen molar-refractivity contribution in [3.8, 4) is 66.8 Å². The van der Waals surface area contributed by atoms with E-state index in [1.165, 1.54) is 132 Å². The first-order valence-electron chi connectivity index (χ1n) is 22.8. The summed E-state index contributed by atoms with van der Waals surface area (Å²) < 4.78 is 0. The van der Waals surface area contributed by atoms with Gasteiger partial charge in [-0.3, -0.25) is 0 Å². The van der Waals surface area contributed by atoms with Gasteiger partial charge in [0.2, 0.25) is 0 Å². The van der Waals surface area contributed by atoms with Gasteiger partial charge in [0.1, 0.15) is 0 Å². The standard InChI is InChI=1S/C64H46/c1-63(2)57-26-14-12-23-52(57)62-53(24-15-27-58(62)63)61-50-22-10-9-21-49(50)60(40-30-28-39(29-31-40)54-37-43-16-5-6-17-44(43)45-18-7-8-19-46(45)54)51-35-33-41(36-55(51)61)42-32-34-48-47-20-11-13-25-56(47)64(3,4)59(48)38-42/h5-38H,1-4H3. The van der Waals surface area contributed by atoms with Gasteiger partial charge in [0.25, 0.3) is 0 Å². The molecule has 0 saturated carbocycles. The van der Waals surface area contributed by atoms with Crippen molar-refractivity contribution in [2.24, 2.45) is 0 Å². The molecule has 0 atom stereocenters. The molecule has 0 N–H and O–H groups in total. The van der Waals surface area contributed by atoms with Crippen molar-refractivity contribution >= 4 is 43.1 Å². The zero-order chi connectivity index (χ0) is 42.9. The highest BCUT2D eigenvalue weighted by atomic mass is 14.4. The van der Waals surface area contributed by atoms with Gasteiger partial charge >= 0.3 is 0 Å². The minimum absolute atomic E-state index is 0.0800. The van der Waals surface area contributed by atoms with Gasteiger partial charge in [-0.25, -0.2) is 0 Å². The van der Waals surface area contributed by atoms with E-state index in [4.69, 9.17) is 0 Å². The predicted octanol–water partition coefficient (Wildman–Crippen LogP) is 17.6. The third-order valence-corrected chi connectivity index (χ3v) is 15.1. The maximum absolute atomic E-state index is 2.50. The lowest BCUT2D eigenvalue weighted by Gasteiger charge is -2.23. The van der Waals surface area contributed by atoms with E-state index in [1.807, 2.05) is 0 Å². The van der Waals surface area contributed by atoms with Gasteiger partial charge in [-0.1, -0.05) is 216 Å². The van der Waals surface area contributed by atoms with Crippen molar-refractivity contribution in [2.45, 2.75) is 38.5 Å². The molecule has 0 unspecified atom stereocenters. The summed E-state index contributed by atoms with van der Waals surface area (Å²) >= 11 is 0. The van der Waals surface area contributed by atoms with Crippen molar-refractivity contribution < 1.29 is 0 Å². The molecule has 0 amide bonds. The second-order valence-corrected chi connectivity index (χ2v) is 19.2. The van der Waals surface area contributed by atoms with Gasteiger partial charge in [0.15, 0.2) is 0 Å². The SMILES string of the molecule is CC1(C)c2ccccc2-c2ccc(-c3ccc4c(-c5ccc(-c6cc7ccccc7c7ccccc67)cc5)c5ccccc5c(-c5cccc6c5-c5ccccc5C6(C)C)c4c3)cc21. The lowest BCUT2D eigenvalue weighted by atomic mass is 9.80. The van der Waals surface area contributed by atoms with E-state index >= 15 is 0 Å². The topological polar surface area (TPSA) is 0 Å². The van der Waals surface area contributed by atoms with Crippen LogP contribution in [0.1, 0.15) is 49.9 Å². The Morgan fingerprint density at radius 3 is 1.52 bits per heavy atom. The zero-order valence-corrected chi connectivity index (χ0v) is 36.6. The van der Waals surface area contributed by atoms with Crippen LogP contribution in [-0.2, 0) is 10.8 Å². The Hall–Kier alpha value is -7.54. The molecule has 0 aliphatic heterocycles. The van der Waals surface area contributed by atoms with Crippen LogP contribution >= 0.6 is 0 Å². The van der Waals surface area contributed by atoms with Crippen LogP contribution in [0.4, 0.5) is 0 Å². The van der Waals surface area contributed by atoms with Crippen LogP contribution in [0, 0.1) is 0 Å². The third-order valence-electron chi connectivity index (χ3n) is 15.1. The summed E-state index contributed by atoms with van der Waals surface area (Å²) in [6.45, 7) is 9.52. The molecule has 13 rings (SSSR count). The Balaban J connectivity index is 1.06. The molecule has 0 nitrogen and oxygen atoms in total. The van der Waals surface area contributed by atoms with Gasteiger partial charge in [0, 0.05) is 10.8 Å². The normalized spacial score (nSPS) is 14.2. The van der Waals surface area contributed by atoms with Crippen LogP contribution in [0.25, 0.3) is 110 Å². The average molecular weight is 815 g/mol. The Morgan fingerprint density at radius 1 is 0.234 bits per heavy atom. The monoisotopic (exact) mass is 814 g/mol. The molecule has 0 bridgehead atoms. The first-order valence-corrected chi connectivity index (χ1v) is 22.8. The van der Waals surface area contributed by atoms with Gasteiger partial charge < -0.3 is 0 Å². The van der Waals surface area contributed by atoms with E-state index in [0.717, 1.165) is 0 Å². The number of hydrogen-bond donors (Lipinski definition) is 0. The second-order valence-electron chi connectivity index (χ2n) is 19.2. The quantitative estimate of drug-likeness (QED) is 0.123. The molecule has 64 heavy (non-hydrogen) atoms. The van der Waals surface area contributed by atoms with Crippen LogP contribution in [0.3, 0.4) is 0 Å². The lowest BCUT2D eigenvalue weighted by molar-refractivity contribution is 0.660. The van der Waals surface area contributed by atoms with E-state index in [0.29, 0.717) is 0 Å². The molecule has 0 spiro atoms. The van der Waals surface area contributed by atoms with Gasteiger partial charge in [-0.05, 0) is 150 Å². The molecule has 0 saturated heterocycles. The molecule has 0 heteroatoms. The van der Waals surface area contributed by atoms with Crippen LogP contribution in [0.5, 0.6) is 0 Å². The fraction of sp³-hybridized carbons (Fsp3) is 0.0938. The summed E-state index contributed by atoms with van der Waals surface area (Å²) in [4.78, 5) is 0. The van der Waals surface area contributed by atoms with Crippen molar-refractivity contribution in [2.75, 3.05) is 0 Å². The summed E-state index contributed by atoms with van der Waals surface area (Å²) in [7, 11) is 0. The maximum Gasteiger partial charge on any atom is 0.0159 e. The van der Waals surface area contributed by atoms with Crippen LogP contribution in [0.2, 0.25) is 0 Å². The first kappa shape index (κ1) is 37.1. The highest BCUT2D eigenvalue weighted by Crippen LogP contribution is 2.55. The summed E-state index contributed by atoms with van der Waals surface area (Å²) in [6.07, 6.45) is 0. The second kappa shape index (κ2) is 13.5. The molecule has 0 aromatic heterocycles. The Morgan fingerprint density at radius 2 is 0.734 bits per heavy atom. The van der Waals surface area contributed by atoms with Gasteiger partial charge in [0.05, 0.1) is 0 Å². The molecule has 302 valence electrons. The predicted molar refractivity (Wildman–Crippen MR) is 273 cm³/mol. The van der Waals surface area contributed by atoms with E-state index in [9.17, 15) is 0 Å². The fourth-order valence-electron chi connectivity index (χ4n) is 11.9. The molecule has 2 aliphatic rings. The van der Waals surface area contributed by atoms with Crippen LogP contribution < -0.4 is 0 Å². The van der Waals surface area contributed by atoms with E-state index in [1.54, 1.807) is 0 Å². The van der Waals surface area contributed by atoms with Crippen molar-refractivity contribution in [1.82, 2.24) is 0 Å². The Labute approximate surface area is 375 Å². The summed E-state index contributed by atoms with van der Waals surface area (Å²) in [5.74, 6) is 0.